The molecule has 1 amide bonds. The highest BCUT2D eigenvalue weighted by molar-refractivity contribution is 6.33. The molecule has 2 aromatic carbocycles. The molecule has 0 bridgehead atoms. The molecule has 8 nitrogen and oxygen atoms in total. The molecule has 0 spiro atoms. The predicted octanol–water partition coefficient (Wildman–Crippen LogP) is 2.97. The summed E-state index contributed by atoms with van der Waals surface area (Å²) >= 11 is 6.47. The van der Waals surface area contributed by atoms with E-state index in [1.807, 2.05) is 35.2 Å². The number of anilines is 2. The van der Waals surface area contributed by atoms with Crippen LogP contribution in [0.4, 0.5) is 17.1 Å². The van der Waals surface area contributed by atoms with E-state index in [1.165, 1.54) is 0 Å². The second-order valence-electron chi connectivity index (χ2n) is 8.48. The summed E-state index contributed by atoms with van der Waals surface area (Å²) in [7, 11) is 0. The zero-order chi connectivity index (χ0) is 22.2. The SMILES string of the molecule is O=C(C1Cc2cc([N+](=O)[O-])ccc2N2CCN(c3ccccc3Cl)CC12)N1CCOCC1. The average Bonchev–Trinajstić information content (AvgIpc) is 2.83. The highest BCUT2D eigenvalue weighted by Gasteiger charge is 2.43. The standard InChI is InChI=1S/C23H25ClN4O4/c24-19-3-1-2-4-21(19)26-7-8-27-20-6-5-17(28(30)31)13-16(20)14-18(22(27)15-26)23(29)25-9-11-32-12-10-25/h1-6,13,18,22H,7-12,14-15H2. The Morgan fingerprint density at radius 3 is 2.59 bits per heavy atom. The fourth-order valence-electron chi connectivity index (χ4n) is 5.15. The lowest BCUT2D eigenvalue weighted by molar-refractivity contribution is -0.384. The zero-order valence-electron chi connectivity index (χ0n) is 17.7. The van der Waals surface area contributed by atoms with Gasteiger partial charge in [0.1, 0.15) is 0 Å². The van der Waals surface area contributed by atoms with Crippen LogP contribution in [0.5, 0.6) is 0 Å². The maximum absolute atomic E-state index is 13.6. The number of nitrogens with zero attached hydrogens (tertiary/aromatic N) is 4. The molecule has 0 aromatic heterocycles. The van der Waals surface area contributed by atoms with Gasteiger partial charge < -0.3 is 19.4 Å². The van der Waals surface area contributed by atoms with E-state index in [2.05, 4.69) is 9.80 Å². The zero-order valence-corrected chi connectivity index (χ0v) is 18.4. The van der Waals surface area contributed by atoms with Crippen molar-refractivity contribution in [2.45, 2.75) is 12.5 Å². The van der Waals surface area contributed by atoms with Gasteiger partial charge >= 0.3 is 0 Å². The molecule has 2 unspecified atom stereocenters. The number of carbonyl (C=O) groups excluding carboxylic acids is 1. The van der Waals surface area contributed by atoms with Crippen molar-refractivity contribution in [2.75, 3.05) is 55.7 Å². The molecule has 32 heavy (non-hydrogen) atoms. The van der Waals surface area contributed by atoms with Crippen molar-refractivity contribution in [3.63, 3.8) is 0 Å². The third-order valence-electron chi connectivity index (χ3n) is 6.74. The van der Waals surface area contributed by atoms with Crippen LogP contribution in [0.2, 0.25) is 5.02 Å². The molecule has 5 rings (SSSR count). The number of ether oxygens (including phenoxy) is 1. The molecular formula is C23H25ClN4O4. The Morgan fingerprint density at radius 2 is 1.84 bits per heavy atom. The number of halogens is 1. The number of carbonyl (C=O) groups is 1. The number of hydrogen-bond acceptors (Lipinski definition) is 6. The third-order valence-corrected chi connectivity index (χ3v) is 7.06. The Balaban J connectivity index is 1.50. The van der Waals surface area contributed by atoms with Gasteiger partial charge in [0.15, 0.2) is 0 Å². The molecule has 0 saturated carbocycles. The number of piperazine rings is 1. The van der Waals surface area contributed by atoms with Crippen molar-refractivity contribution >= 4 is 34.6 Å². The number of morpholine rings is 1. The van der Waals surface area contributed by atoms with Crippen LogP contribution in [0.3, 0.4) is 0 Å². The number of amides is 1. The van der Waals surface area contributed by atoms with E-state index in [-0.39, 0.29) is 28.5 Å². The second kappa shape index (κ2) is 8.60. The number of nitro groups is 1. The first-order valence-electron chi connectivity index (χ1n) is 10.9. The number of benzene rings is 2. The van der Waals surface area contributed by atoms with Gasteiger partial charge in [0.25, 0.3) is 5.69 Å². The first-order chi connectivity index (χ1) is 15.5. The molecule has 2 saturated heterocycles. The average molecular weight is 457 g/mol. The first kappa shape index (κ1) is 21.0. The Labute approximate surface area is 191 Å². The van der Waals surface area contributed by atoms with Crippen molar-refractivity contribution < 1.29 is 14.5 Å². The molecule has 0 aliphatic carbocycles. The normalized spacial score (nSPS) is 22.8. The van der Waals surface area contributed by atoms with Crippen LogP contribution in [0, 0.1) is 16.0 Å². The predicted molar refractivity (Wildman–Crippen MR) is 122 cm³/mol. The van der Waals surface area contributed by atoms with Gasteiger partial charge in [0, 0.05) is 50.5 Å². The van der Waals surface area contributed by atoms with Crippen LogP contribution in [-0.4, -0.2) is 67.7 Å². The van der Waals surface area contributed by atoms with Crippen LogP contribution in [0.15, 0.2) is 42.5 Å². The summed E-state index contributed by atoms with van der Waals surface area (Å²) in [6.07, 6.45) is 0.491. The molecule has 2 aromatic rings. The van der Waals surface area contributed by atoms with E-state index in [0.717, 1.165) is 23.5 Å². The number of rotatable bonds is 3. The fraction of sp³-hybridized carbons (Fsp3) is 0.435. The van der Waals surface area contributed by atoms with Crippen molar-refractivity contribution in [3.8, 4) is 0 Å². The highest BCUT2D eigenvalue weighted by Crippen LogP contribution is 2.40. The number of fused-ring (bicyclic) bond motifs is 3. The first-order valence-corrected chi connectivity index (χ1v) is 11.3. The van der Waals surface area contributed by atoms with Crippen molar-refractivity contribution in [1.82, 2.24) is 4.90 Å². The minimum Gasteiger partial charge on any atom is -0.378 e. The summed E-state index contributed by atoms with van der Waals surface area (Å²) in [5, 5.41) is 12.0. The van der Waals surface area contributed by atoms with Gasteiger partial charge in [-0.25, -0.2) is 0 Å². The molecule has 3 heterocycles. The third kappa shape index (κ3) is 3.78. The van der Waals surface area contributed by atoms with Crippen molar-refractivity contribution in [3.05, 3.63) is 63.2 Å². The summed E-state index contributed by atoms with van der Waals surface area (Å²) in [6.45, 7) is 4.39. The molecule has 0 radical (unpaired) electrons. The largest absolute Gasteiger partial charge is 0.378 e. The Hall–Kier alpha value is -2.84. The molecule has 9 heteroatoms. The molecule has 3 aliphatic rings. The summed E-state index contributed by atoms with van der Waals surface area (Å²) in [5.41, 5.74) is 2.90. The van der Waals surface area contributed by atoms with Crippen molar-refractivity contribution in [1.29, 1.82) is 0 Å². The van der Waals surface area contributed by atoms with E-state index in [4.69, 9.17) is 16.3 Å². The van der Waals surface area contributed by atoms with Crippen LogP contribution in [0.25, 0.3) is 0 Å². The number of non-ortho nitro benzene ring substituents is 1. The minimum atomic E-state index is -0.374. The van der Waals surface area contributed by atoms with Crippen molar-refractivity contribution in [2.24, 2.45) is 5.92 Å². The summed E-state index contributed by atoms with van der Waals surface area (Å²) in [6, 6.07) is 12.8. The highest BCUT2D eigenvalue weighted by atomic mass is 35.5. The van der Waals surface area contributed by atoms with Crippen LogP contribution < -0.4 is 9.80 Å². The maximum atomic E-state index is 13.6. The van der Waals surface area contributed by atoms with Crippen LogP contribution >= 0.6 is 11.6 Å². The summed E-state index contributed by atoms with van der Waals surface area (Å²) in [5.74, 6) is -0.186. The van der Waals surface area contributed by atoms with E-state index in [9.17, 15) is 14.9 Å². The number of para-hydroxylation sites is 1. The van der Waals surface area contributed by atoms with Gasteiger partial charge in [0.2, 0.25) is 5.91 Å². The van der Waals surface area contributed by atoms with Gasteiger partial charge in [-0.05, 0) is 30.2 Å². The molecule has 3 aliphatic heterocycles. The number of nitro benzene ring substituents is 1. The van der Waals surface area contributed by atoms with Gasteiger partial charge in [-0.1, -0.05) is 23.7 Å². The van der Waals surface area contributed by atoms with Crippen LogP contribution in [0.1, 0.15) is 5.56 Å². The summed E-state index contributed by atoms with van der Waals surface area (Å²) in [4.78, 5) is 31.0. The lowest BCUT2D eigenvalue weighted by Crippen LogP contribution is -2.62. The smallest absolute Gasteiger partial charge is 0.269 e. The quantitative estimate of drug-likeness (QED) is 0.522. The van der Waals surface area contributed by atoms with E-state index >= 15 is 0 Å². The van der Waals surface area contributed by atoms with Crippen LogP contribution in [-0.2, 0) is 16.0 Å². The Bertz CT molecular complexity index is 1040. The Kier molecular flexibility index (Phi) is 5.65. The molecule has 168 valence electrons. The van der Waals surface area contributed by atoms with Gasteiger partial charge in [-0.2, -0.15) is 0 Å². The van der Waals surface area contributed by atoms with E-state index < -0.39 is 0 Å². The van der Waals surface area contributed by atoms with E-state index in [0.29, 0.717) is 50.8 Å². The second-order valence-corrected chi connectivity index (χ2v) is 8.88. The lowest BCUT2D eigenvalue weighted by atomic mass is 9.82. The lowest BCUT2D eigenvalue weighted by Gasteiger charge is -2.50. The maximum Gasteiger partial charge on any atom is 0.269 e. The molecule has 2 fully saturated rings. The monoisotopic (exact) mass is 456 g/mol. The summed E-state index contributed by atoms with van der Waals surface area (Å²) < 4.78 is 5.43. The molecule has 2 atom stereocenters. The number of hydrogen-bond donors (Lipinski definition) is 0. The topological polar surface area (TPSA) is 79.2 Å². The minimum absolute atomic E-state index is 0.0377. The molecular weight excluding hydrogens is 432 g/mol. The fourth-order valence-corrected chi connectivity index (χ4v) is 5.41. The van der Waals surface area contributed by atoms with E-state index in [1.54, 1.807) is 12.1 Å². The van der Waals surface area contributed by atoms with Gasteiger partial charge in [-0.15, -0.1) is 0 Å². The molecule has 0 N–H and O–H groups in total. The van der Waals surface area contributed by atoms with Gasteiger partial charge in [0.05, 0.1) is 40.8 Å². The Morgan fingerprint density at radius 1 is 1.06 bits per heavy atom. The van der Waals surface area contributed by atoms with Gasteiger partial charge in [-0.3, -0.25) is 14.9 Å².